The average Bonchev–Trinajstić information content (AvgIpc) is 2.36. The van der Waals surface area contributed by atoms with Crippen LogP contribution in [0.4, 0.5) is 0 Å². The monoisotopic (exact) mass is 228 g/mol. The van der Waals surface area contributed by atoms with Gasteiger partial charge in [0.2, 0.25) is 0 Å². The van der Waals surface area contributed by atoms with E-state index in [2.05, 4.69) is 0 Å². The van der Waals surface area contributed by atoms with Crippen LogP contribution in [0.1, 0.15) is 12.5 Å². The number of phenols is 1. The fourth-order valence-electron chi connectivity index (χ4n) is 1.86. The van der Waals surface area contributed by atoms with Crippen molar-refractivity contribution in [1.29, 1.82) is 0 Å². The summed E-state index contributed by atoms with van der Waals surface area (Å²) < 4.78 is 5.64. The molecule has 0 unspecified atom stereocenters. The maximum absolute atomic E-state index is 9.72. The summed E-state index contributed by atoms with van der Waals surface area (Å²) in [4.78, 5) is 0. The second-order valence-corrected chi connectivity index (χ2v) is 3.89. The van der Waals surface area contributed by atoms with Gasteiger partial charge in [-0.2, -0.15) is 0 Å². The number of phenolic OH excluding ortho intramolecular Hbond substituents is 1. The van der Waals surface area contributed by atoms with Gasteiger partial charge in [-0.3, -0.25) is 0 Å². The van der Waals surface area contributed by atoms with Gasteiger partial charge in [0.05, 0.1) is 6.61 Å². The normalized spacial score (nSPS) is 10.2. The van der Waals surface area contributed by atoms with Crippen LogP contribution in [-0.2, 0) is 0 Å². The third-order valence-corrected chi connectivity index (χ3v) is 2.75. The van der Waals surface area contributed by atoms with Gasteiger partial charge >= 0.3 is 0 Å². The van der Waals surface area contributed by atoms with Gasteiger partial charge in [-0.15, -0.1) is 0 Å². The minimum Gasteiger partial charge on any atom is -0.508 e. The Morgan fingerprint density at radius 3 is 2.41 bits per heavy atom. The van der Waals surface area contributed by atoms with Crippen molar-refractivity contribution in [1.82, 2.24) is 0 Å². The molecule has 0 atom stereocenters. The summed E-state index contributed by atoms with van der Waals surface area (Å²) in [7, 11) is 0. The SMILES string of the molecule is CCOc1c(-c2ccccc2)ccc(O)c1C. The van der Waals surface area contributed by atoms with E-state index in [0.717, 1.165) is 22.4 Å². The first kappa shape index (κ1) is 11.5. The zero-order chi connectivity index (χ0) is 12.3. The van der Waals surface area contributed by atoms with Crippen LogP contribution >= 0.6 is 0 Å². The van der Waals surface area contributed by atoms with E-state index < -0.39 is 0 Å². The molecule has 1 N–H and O–H groups in total. The lowest BCUT2D eigenvalue weighted by atomic mass is 10.0. The molecule has 0 aliphatic heterocycles. The molecule has 2 nitrogen and oxygen atoms in total. The van der Waals surface area contributed by atoms with Gasteiger partial charge in [-0.05, 0) is 31.5 Å². The molecule has 0 heterocycles. The second-order valence-electron chi connectivity index (χ2n) is 3.89. The lowest BCUT2D eigenvalue weighted by Gasteiger charge is -2.14. The van der Waals surface area contributed by atoms with Crippen LogP contribution in [0.25, 0.3) is 11.1 Å². The molecule has 0 aromatic heterocycles. The molecule has 0 bridgehead atoms. The van der Waals surface area contributed by atoms with Crippen molar-refractivity contribution in [3.05, 3.63) is 48.0 Å². The lowest BCUT2D eigenvalue weighted by molar-refractivity contribution is 0.336. The minimum atomic E-state index is 0.271. The Morgan fingerprint density at radius 1 is 1.06 bits per heavy atom. The number of benzene rings is 2. The van der Waals surface area contributed by atoms with Crippen molar-refractivity contribution < 1.29 is 9.84 Å². The van der Waals surface area contributed by atoms with E-state index in [1.165, 1.54) is 0 Å². The van der Waals surface area contributed by atoms with Gasteiger partial charge in [-0.25, -0.2) is 0 Å². The van der Waals surface area contributed by atoms with Crippen molar-refractivity contribution in [2.75, 3.05) is 6.61 Å². The molecule has 0 saturated heterocycles. The van der Waals surface area contributed by atoms with Crippen LogP contribution in [0.5, 0.6) is 11.5 Å². The summed E-state index contributed by atoms with van der Waals surface area (Å²) in [5.74, 6) is 1.03. The number of ether oxygens (including phenoxy) is 1. The molecular formula is C15H16O2. The minimum absolute atomic E-state index is 0.271. The van der Waals surface area contributed by atoms with Crippen LogP contribution < -0.4 is 4.74 Å². The van der Waals surface area contributed by atoms with E-state index in [-0.39, 0.29) is 5.75 Å². The maximum Gasteiger partial charge on any atom is 0.133 e. The smallest absolute Gasteiger partial charge is 0.133 e. The van der Waals surface area contributed by atoms with Crippen LogP contribution in [-0.4, -0.2) is 11.7 Å². The Bertz CT molecular complexity index is 504. The van der Waals surface area contributed by atoms with Gasteiger partial charge in [0.1, 0.15) is 11.5 Å². The maximum atomic E-state index is 9.72. The van der Waals surface area contributed by atoms with Gasteiger partial charge in [0.15, 0.2) is 0 Å². The zero-order valence-electron chi connectivity index (χ0n) is 10.1. The Labute approximate surface area is 101 Å². The third-order valence-electron chi connectivity index (χ3n) is 2.75. The molecule has 0 fully saturated rings. The summed E-state index contributed by atoms with van der Waals surface area (Å²) in [6, 6.07) is 13.6. The highest BCUT2D eigenvalue weighted by molar-refractivity contribution is 5.73. The summed E-state index contributed by atoms with van der Waals surface area (Å²) in [5.41, 5.74) is 2.90. The van der Waals surface area contributed by atoms with Gasteiger partial charge in [0, 0.05) is 11.1 Å². The molecule has 0 spiro atoms. The molecule has 2 aromatic carbocycles. The van der Waals surface area contributed by atoms with Gasteiger partial charge in [-0.1, -0.05) is 30.3 Å². The molecular weight excluding hydrogens is 212 g/mol. The summed E-state index contributed by atoms with van der Waals surface area (Å²) in [6.07, 6.45) is 0. The Hall–Kier alpha value is -1.96. The Balaban J connectivity index is 2.58. The van der Waals surface area contributed by atoms with E-state index in [0.29, 0.717) is 6.61 Å². The third kappa shape index (κ3) is 2.26. The van der Waals surface area contributed by atoms with Crippen LogP contribution in [0.15, 0.2) is 42.5 Å². The molecule has 0 saturated carbocycles. The number of hydrogen-bond acceptors (Lipinski definition) is 2. The molecule has 0 aliphatic carbocycles. The van der Waals surface area contributed by atoms with Crippen molar-refractivity contribution in [2.45, 2.75) is 13.8 Å². The number of hydrogen-bond donors (Lipinski definition) is 1. The van der Waals surface area contributed by atoms with E-state index >= 15 is 0 Å². The van der Waals surface area contributed by atoms with Gasteiger partial charge in [0.25, 0.3) is 0 Å². The largest absolute Gasteiger partial charge is 0.508 e. The molecule has 2 aromatic rings. The molecule has 0 radical (unpaired) electrons. The fourth-order valence-corrected chi connectivity index (χ4v) is 1.86. The van der Waals surface area contributed by atoms with Crippen molar-refractivity contribution in [3.8, 4) is 22.6 Å². The highest BCUT2D eigenvalue weighted by Gasteiger charge is 2.11. The van der Waals surface area contributed by atoms with Crippen molar-refractivity contribution in [2.24, 2.45) is 0 Å². The van der Waals surface area contributed by atoms with Crippen molar-refractivity contribution >= 4 is 0 Å². The molecule has 2 heteroatoms. The Morgan fingerprint density at radius 2 is 1.76 bits per heavy atom. The standard InChI is InChI=1S/C15H16O2/c1-3-17-15-11(2)14(16)10-9-13(15)12-7-5-4-6-8-12/h4-10,16H,3H2,1-2H3. The number of aromatic hydroxyl groups is 1. The highest BCUT2D eigenvalue weighted by atomic mass is 16.5. The molecule has 88 valence electrons. The van der Waals surface area contributed by atoms with E-state index in [4.69, 9.17) is 4.74 Å². The Kier molecular flexibility index (Phi) is 3.33. The first-order valence-corrected chi connectivity index (χ1v) is 5.74. The first-order valence-electron chi connectivity index (χ1n) is 5.74. The lowest BCUT2D eigenvalue weighted by Crippen LogP contribution is -1.97. The van der Waals surface area contributed by atoms with E-state index in [9.17, 15) is 5.11 Å². The predicted octanol–water partition coefficient (Wildman–Crippen LogP) is 3.77. The summed E-state index contributed by atoms with van der Waals surface area (Å²) in [5, 5.41) is 9.72. The molecule has 0 aliphatic rings. The summed E-state index contributed by atoms with van der Waals surface area (Å²) >= 11 is 0. The topological polar surface area (TPSA) is 29.5 Å². The van der Waals surface area contributed by atoms with Crippen LogP contribution in [0, 0.1) is 6.92 Å². The van der Waals surface area contributed by atoms with Gasteiger partial charge < -0.3 is 9.84 Å². The quantitative estimate of drug-likeness (QED) is 0.866. The van der Waals surface area contributed by atoms with E-state index in [1.807, 2.05) is 50.2 Å². The first-order chi connectivity index (χ1) is 8.24. The molecule has 17 heavy (non-hydrogen) atoms. The van der Waals surface area contributed by atoms with Crippen molar-refractivity contribution in [3.63, 3.8) is 0 Å². The predicted molar refractivity (Wildman–Crippen MR) is 69.4 cm³/mol. The molecule has 0 amide bonds. The second kappa shape index (κ2) is 4.91. The number of rotatable bonds is 3. The summed E-state index contributed by atoms with van der Waals surface area (Å²) in [6.45, 7) is 4.40. The zero-order valence-corrected chi connectivity index (χ0v) is 10.1. The van der Waals surface area contributed by atoms with Crippen LogP contribution in [0.3, 0.4) is 0 Å². The van der Waals surface area contributed by atoms with E-state index in [1.54, 1.807) is 6.07 Å². The average molecular weight is 228 g/mol. The highest BCUT2D eigenvalue weighted by Crippen LogP contribution is 2.37. The fraction of sp³-hybridized carbons (Fsp3) is 0.200. The molecule has 2 rings (SSSR count). The van der Waals surface area contributed by atoms with Crippen LogP contribution in [0.2, 0.25) is 0 Å².